The van der Waals surface area contributed by atoms with Crippen LogP contribution in [0.15, 0.2) is 60.8 Å². The fourth-order valence-corrected chi connectivity index (χ4v) is 3.64. The summed E-state index contributed by atoms with van der Waals surface area (Å²) in [6, 6.07) is 11.0. The Balaban J connectivity index is 1.89. The number of benzene rings is 2. The highest BCUT2D eigenvalue weighted by Crippen LogP contribution is 2.29. The van der Waals surface area contributed by atoms with E-state index in [0.717, 1.165) is 6.07 Å². The van der Waals surface area contributed by atoms with Gasteiger partial charge in [0.05, 0.1) is 0 Å². The van der Waals surface area contributed by atoms with Crippen molar-refractivity contribution in [3.8, 4) is 0 Å². The number of halogens is 5. The van der Waals surface area contributed by atoms with Crippen molar-refractivity contribution in [2.75, 3.05) is 7.05 Å². The average Bonchev–Trinajstić information content (AvgIpc) is 2.80. The molecule has 180 valence electrons. The highest BCUT2D eigenvalue weighted by molar-refractivity contribution is 5.83. The lowest BCUT2D eigenvalue weighted by Gasteiger charge is -2.26. The van der Waals surface area contributed by atoms with Gasteiger partial charge in [-0.3, -0.25) is 15.1 Å². The summed E-state index contributed by atoms with van der Waals surface area (Å²) >= 11 is 0. The van der Waals surface area contributed by atoms with Crippen molar-refractivity contribution in [3.63, 3.8) is 0 Å². The Bertz CT molecular complexity index is 1130. The monoisotopic (exact) mass is 477 g/mol. The molecule has 0 saturated carbocycles. The van der Waals surface area contributed by atoms with Gasteiger partial charge in [-0.15, -0.1) is 0 Å². The van der Waals surface area contributed by atoms with Crippen LogP contribution in [0.3, 0.4) is 0 Å². The Morgan fingerprint density at radius 1 is 1.03 bits per heavy atom. The lowest BCUT2D eigenvalue weighted by atomic mass is 9.95. The van der Waals surface area contributed by atoms with Crippen molar-refractivity contribution in [2.45, 2.75) is 38.0 Å². The Morgan fingerprint density at radius 3 is 2.38 bits per heavy atom. The number of aryl methyl sites for hydroxylation is 2. The third kappa shape index (κ3) is 6.38. The van der Waals surface area contributed by atoms with Crippen LogP contribution in [-0.4, -0.2) is 17.9 Å². The van der Waals surface area contributed by atoms with E-state index in [1.807, 2.05) is 0 Å². The van der Waals surface area contributed by atoms with Gasteiger partial charge in [-0.1, -0.05) is 30.3 Å². The van der Waals surface area contributed by atoms with Gasteiger partial charge in [0.25, 0.3) is 0 Å². The number of hydrogen-bond donors (Lipinski definition) is 2. The molecule has 1 unspecified atom stereocenters. The quantitative estimate of drug-likeness (QED) is 0.425. The smallest absolute Gasteiger partial charge is 0.358 e. The van der Waals surface area contributed by atoms with Crippen LogP contribution in [0.1, 0.15) is 46.5 Å². The van der Waals surface area contributed by atoms with Gasteiger partial charge < -0.3 is 5.32 Å². The summed E-state index contributed by atoms with van der Waals surface area (Å²) in [5, 5.41) is 5.77. The first-order valence-corrected chi connectivity index (χ1v) is 10.6. The van der Waals surface area contributed by atoms with E-state index < -0.39 is 35.7 Å². The van der Waals surface area contributed by atoms with Crippen molar-refractivity contribution in [3.05, 3.63) is 100 Å². The number of rotatable bonds is 8. The van der Waals surface area contributed by atoms with E-state index in [1.54, 1.807) is 25.1 Å². The molecule has 0 bridgehead atoms. The number of nitrogens with one attached hydrogen (secondary N) is 2. The lowest BCUT2D eigenvalue weighted by molar-refractivity contribution is -0.141. The van der Waals surface area contributed by atoms with Crippen molar-refractivity contribution in [2.24, 2.45) is 0 Å². The van der Waals surface area contributed by atoms with Crippen LogP contribution < -0.4 is 10.6 Å². The number of carbonyl (C=O) groups excluding carboxylic acids is 1. The molecule has 0 spiro atoms. The SMILES string of the molecule is CNC(=O)C(N[C@H](CCc1ccc(C(F)(F)F)nc1)c1ccc(F)c(C)c1)c1cccc(F)c1. The second kappa shape index (κ2) is 10.7. The minimum atomic E-state index is -4.53. The standard InChI is InChI=1S/C25H24F5N3O/c1-15-12-17(8-9-20(15)27)21(10-6-16-7-11-22(32-14-16)25(28,29)30)33-23(24(34)31-2)18-4-3-5-19(26)13-18/h3-5,7-9,11-14,21,23,33H,6,10H2,1-2H3,(H,31,34)/t21-,23?/m1/s1. The van der Waals surface area contributed by atoms with Crippen molar-refractivity contribution >= 4 is 5.91 Å². The van der Waals surface area contributed by atoms with E-state index >= 15 is 0 Å². The number of alkyl halides is 3. The average molecular weight is 477 g/mol. The molecule has 34 heavy (non-hydrogen) atoms. The van der Waals surface area contributed by atoms with Crippen LogP contribution in [0.4, 0.5) is 22.0 Å². The van der Waals surface area contributed by atoms with Crippen LogP contribution in [0.25, 0.3) is 0 Å². The maximum absolute atomic E-state index is 13.9. The van der Waals surface area contributed by atoms with Gasteiger partial charge in [-0.25, -0.2) is 8.78 Å². The van der Waals surface area contributed by atoms with Crippen LogP contribution >= 0.6 is 0 Å². The predicted octanol–water partition coefficient (Wildman–Crippen LogP) is 5.44. The summed E-state index contributed by atoms with van der Waals surface area (Å²) in [7, 11) is 1.46. The maximum atomic E-state index is 13.9. The van der Waals surface area contributed by atoms with Crippen LogP contribution in [0, 0.1) is 18.6 Å². The molecule has 0 fully saturated rings. The topological polar surface area (TPSA) is 54.0 Å². The highest BCUT2D eigenvalue weighted by atomic mass is 19.4. The van der Waals surface area contributed by atoms with Crippen LogP contribution in [-0.2, 0) is 17.4 Å². The maximum Gasteiger partial charge on any atom is 0.433 e. The molecule has 3 rings (SSSR count). The zero-order valence-electron chi connectivity index (χ0n) is 18.6. The normalized spacial score (nSPS) is 13.4. The van der Waals surface area contributed by atoms with Gasteiger partial charge in [0.2, 0.25) is 5.91 Å². The van der Waals surface area contributed by atoms with Gasteiger partial charge in [0, 0.05) is 19.3 Å². The van der Waals surface area contributed by atoms with E-state index in [1.165, 1.54) is 43.6 Å². The van der Waals surface area contributed by atoms with E-state index in [2.05, 4.69) is 15.6 Å². The van der Waals surface area contributed by atoms with E-state index in [0.29, 0.717) is 35.1 Å². The van der Waals surface area contributed by atoms with Crippen molar-refractivity contribution in [1.82, 2.24) is 15.6 Å². The third-order valence-corrected chi connectivity index (χ3v) is 5.48. The number of nitrogens with zero attached hydrogens (tertiary/aromatic N) is 1. The zero-order valence-corrected chi connectivity index (χ0v) is 18.6. The minimum Gasteiger partial charge on any atom is -0.358 e. The molecule has 0 aliphatic rings. The largest absolute Gasteiger partial charge is 0.433 e. The van der Waals surface area contributed by atoms with Gasteiger partial charge in [0.1, 0.15) is 23.4 Å². The summed E-state index contributed by atoms with van der Waals surface area (Å²) in [6.07, 6.45) is -2.66. The Morgan fingerprint density at radius 2 is 1.79 bits per heavy atom. The molecule has 0 aliphatic carbocycles. The van der Waals surface area contributed by atoms with E-state index in [-0.39, 0.29) is 5.82 Å². The Kier molecular flexibility index (Phi) is 7.98. The number of hydrogen-bond acceptors (Lipinski definition) is 3. The second-order valence-electron chi connectivity index (χ2n) is 7.92. The first-order valence-electron chi connectivity index (χ1n) is 10.6. The first kappa shape index (κ1) is 25.3. The minimum absolute atomic E-state index is 0.336. The third-order valence-electron chi connectivity index (χ3n) is 5.48. The number of amides is 1. The number of pyridine rings is 1. The molecule has 0 saturated heterocycles. The summed E-state index contributed by atoms with van der Waals surface area (Å²) in [5.41, 5.74) is 1.08. The molecule has 0 radical (unpaired) electrons. The zero-order chi connectivity index (χ0) is 24.9. The molecule has 2 atom stereocenters. The van der Waals surface area contributed by atoms with Crippen LogP contribution in [0.5, 0.6) is 0 Å². The summed E-state index contributed by atoms with van der Waals surface area (Å²) in [4.78, 5) is 16.1. The molecule has 9 heteroatoms. The van der Waals surface area contributed by atoms with Gasteiger partial charge in [-0.05, 0) is 66.3 Å². The second-order valence-corrected chi connectivity index (χ2v) is 7.92. The molecule has 1 amide bonds. The Labute approximate surface area is 194 Å². The molecule has 1 aromatic heterocycles. The van der Waals surface area contributed by atoms with Crippen molar-refractivity contribution < 1.29 is 26.7 Å². The number of aromatic nitrogens is 1. The van der Waals surface area contributed by atoms with Gasteiger partial charge in [0.15, 0.2) is 0 Å². The number of carbonyl (C=O) groups is 1. The van der Waals surface area contributed by atoms with Crippen molar-refractivity contribution in [1.29, 1.82) is 0 Å². The number of likely N-dealkylation sites (N-methyl/N-ethyl adjacent to an activating group) is 1. The Hall–Kier alpha value is -3.33. The molecular weight excluding hydrogens is 453 g/mol. The molecule has 4 nitrogen and oxygen atoms in total. The predicted molar refractivity (Wildman–Crippen MR) is 118 cm³/mol. The molecule has 0 aliphatic heterocycles. The van der Waals surface area contributed by atoms with E-state index in [4.69, 9.17) is 0 Å². The van der Waals surface area contributed by atoms with Crippen LogP contribution in [0.2, 0.25) is 0 Å². The molecule has 3 aromatic rings. The fourth-order valence-electron chi connectivity index (χ4n) is 3.64. The van der Waals surface area contributed by atoms with Gasteiger partial charge >= 0.3 is 6.18 Å². The summed E-state index contributed by atoms with van der Waals surface area (Å²) in [5.74, 6) is -1.29. The molecule has 2 N–H and O–H groups in total. The summed E-state index contributed by atoms with van der Waals surface area (Å²) < 4.78 is 66.1. The lowest BCUT2D eigenvalue weighted by Crippen LogP contribution is -2.38. The van der Waals surface area contributed by atoms with Gasteiger partial charge in [-0.2, -0.15) is 13.2 Å². The first-order chi connectivity index (χ1) is 16.1. The molecule has 2 aromatic carbocycles. The molecular formula is C25H24F5N3O. The van der Waals surface area contributed by atoms with E-state index in [9.17, 15) is 26.7 Å². The fraction of sp³-hybridized carbons (Fsp3) is 0.280. The summed E-state index contributed by atoms with van der Waals surface area (Å²) in [6.45, 7) is 1.61. The highest BCUT2D eigenvalue weighted by Gasteiger charge is 2.32. The molecule has 1 heterocycles.